The van der Waals surface area contributed by atoms with Crippen molar-refractivity contribution < 1.29 is 4.79 Å². The van der Waals surface area contributed by atoms with Gasteiger partial charge < -0.3 is 4.90 Å². The van der Waals surface area contributed by atoms with Crippen molar-refractivity contribution in [1.82, 2.24) is 0 Å². The normalized spacial score (nSPS) is 16.2. The Kier molecular flexibility index (Phi) is 4.25. The Bertz CT molecular complexity index is 756. The highest BCUT2D eigenvalue weighted by molar-refractivity contribution is 6.07. The van der Waals surface area contributed by atoms with Crippen LogP contribution in [0.2, 0.25) is 0 Å². The fraction of sp³-hybridized carbons (Fsp3) is 0.409. The summed E-state index contributed by atoms with van der Waals surface area (Å²) in [7, 11) is 0. The van der Waals surface area contributed by atoms with Gasteiger partial charge in [0.15, 0.2) is 0 Å². The molecule has 1 aliphatic rings. The third kappa shape index (κ3) is 2.98. The van der Waals surface area contributed by atoms with Crippen LogP contribution in [-0.4, -0.2) is 11.4 Å². The third-order valence-electron chi connectivity index (χ3n) is 5.12. The van der Waals surface area contributed by atoms with Crippen molar-refractivity contribution >= 4 is 11.6 Å². The molecule has 24 heavy (non-hydrogen) atoms. The molecule has 2 aromatic carbocycles. The zero-order chi connectivity index (χ0) is 17.5. The Hall–Kier alpha value is -2.09. The van der Waals surface area contributed by atoms with Gasteiger partial charge in [-0.25, -0.2) is 0 Å². The van der Waals surface area contributed by atoms with Crippen LogP contribution in [0.3, 0.4) is 0 Å². The van der Waals surface area contributed by atoms with E-state index in [9.17, 15) is 4.79 Å². The van der Waals surface area contributed by atoms with Gasteiger partial charge in [-0.3, -0.25) is 4.79 Å². The highest BCUT2D eigenvalue weighted by Crippen LogP contribution is 2.39. The van der Waals surface area contributed by atoms with Gasteiger partial charge in [-0.1, -0.05) is 43.7 Å². The largest absolute Gasteiger partial charge is 0.303 e. The van der Waals surface area contributed by atoms with E-state index < -0.39 is 0 Å². The van der Waals surface area contributed by atoms with Crippen LogP contribution >= 0.6 is 0 Å². The zero-order valence-corrected chi connectivity index (χ0v) is 15.4. The molecule has 1 amide bonds. The fourth-order valence-electron chi connectivity index (χ4n) is 3.47. The Morgan fingerprint density at radius 1 is 1.08 bits per heavy atom. The second kappa shape index (κ2) is 6.08. The van der Waals surface area contributed by atoms with E-state index in [-0.39, 0.29) is 11.4 Å². The van der Waals surface area contributed by atoms with E-state index in [0.29, 0.717) is 5.92 Å². The molecule has 1 aliphatic heterocycles. The number of amides is 1. The number of benzene rings is 2. The van der Waals surface area contributed by atoms with Gasteiger partial charge in [-0.05, 0) is 68.9 Å². The average Bonchev–Trinajstić information content (AvgIpc) is 2.53. The lowest BCUT2D eigenvalue weighted by atomic mass is 9.84. The molecule has 0 aliphatic carbocycles. The fourth-order valence-corrected chi connectivity index (χ4v) is 3.47. The zero-order valence-electron chi connectivity index (χ0n) is 15.4. The molecule has 0 atom stereocenters. The number of hydrogen-bond acceptors (Lipinski definition) is 1. The molecule has 0 bridgehead atoms. The molecule has 2 heteroatoms. The second-order valence-corrected chi connectivity index (χ2v) is 7.86. The summed E-state index contributed by atoms with van der Waals surface area (Å²) in [5.41, 5.74) is 5.47. The summed E-state index contributed by atoms with van der Waals surface area (Å²) in [5.74, 6) is 0.602. The van der Waals surface area contributed by atoms with Crippen LogP contribution in [0.5, 0.6) is 0 Å². The summed E-state index contributed by atoms with van der Waals surface area (Å²) < 4.78 is 0. The summed E-state index contributed by atoms with van der Waals surface area (Å²) in [6.45, 7) is 10.8. The van der Waals surface area contributed by atoms with Crippen molar-refractivity contribution in [1.29, 1.82) is 0 Å². The number of hydrogen-bond donors (Lipinski definition) is 0. The monoisotopic (exact) mass is 321 g/mol. The molecule has 0 aromatic heterocycles. The highest BCUT2D eigenvalue weighted by atomic mass is 16.2. The summed E-state index contributed by atoms with van der Waals surface area (Å²) >= 11 is 0. The minimum absolute atomic E-state index is 0.0956. The molecule has 2 aromatic rings. The molecule has 0 spiro atoms. The summed E-state index contributed by atoms with van der Waals surface area (Å²) in [4.78, 5) is 15.2. The SMILES string of the molecule is Cc1ccc(C(=O)N2c3ccc(C(C)C)cc3CCC2(C)C)cc1. The third-order valence-corrected chi connectivity index (χ3v) is 5.12. The molecule has 126 valence electrons. The molecule has 0 saturated carbocycles. The maximum absolute atomic E-state index is 13.2. The topological polar surface area (TPSA) is 20.3 Å². The average molecular weight is 321 g/mol. The molecule has 0 fully saturated rings. The number of fused-ring (bicyclic) bond motifs is 1. The number of nitrogens with zero attached hydrogens (tertiary/aromatic N) is 1. The Labute approximate surface area is 145 Å². The lowest BCUT2D eigenvalue weighted by Gasteiger charge is -2.43. The van der Waals surface area contributed by atoms with Gasteiger partial charge in [0.25, 0.3) is 5.91 Å². The van der Waals surface area contributed by atoms with Crippen molar-refractivity contribution in [3.05, 3.63) is 64.7 Å². The van der Waals surface area contributed by atoms with Gasteiger partial charge >= 0.3 is 0 Å². The van der Waals surface area contributed by atoms with Crippen molar-refractivity contribution in [2.24, 2.45) is 0 Å². The van der Waals surface area contributed by atoms with Gasteiger partial charge in [-0.2, -0.15) is 0 Å². The van der Waals surface area contributed by atoms with E-state index >= 15 is 0 Å². The van der Waals surface area contributed by atoms with Crippen LogP contribution in [0.15, 0.2) is 42.5 Å². The predicted octanol–water partition coefficient (Wildman–Crippen LogP) is 5.49. The van der Waals surface area contributed by atoms with Gasteiger partial charge in [0.05, 0.1) is 0 Å². The van der Waals surface area contributed by atoms with Crippen LogP contribution in [0.4, 0.5) is 5.69 Å². The van der Waals surface area contributed by atoms with Crippen LogP contribution in [0.25, 0.3) is 0 Å². The van der Waals surface area contributed by atoms with Crippen molar-refractivity contribution in [3.63, 3.8) is 0 Å². The Morgan fingerprint density at radius 3 is 2.38 bits per heavy atom. The first-order chi connectivity index (χ1) is 11.3. The molecule has 1 heterocycles. The lowest BCUT2D eigenvalue weighted by molar-refractivity contribution is 0.0956. The van der Waals surface area contributed by atoms with E-state index in [4.69, 9.17) is 0 Å². The maximum atomic E-state index is 13.2. The molecule has 2 nitrogen and oxygen atoms in total. The van der Waals surface area contributed by atoms with Crippen LogP contribution in [-0.2, 0) is 6.42 Å². The quantitative estimate of drug-likeness (QED) is 0.716. The molecular formula is C22H27NO. The van der Waals surface area contributed by atoms with E-state index in [1.54, 1.807) is 0 Å². The Morgan fingerprint density at radius 2 is 1.75 bits per heavy atom. The predicted molar refractivity (Wildman–Crippen MR) is 101 cm³/mol. The van der Waals surface area contributed by atoms with E-state index in [1.807, 2.05) is 36.1 Å². The summed E-state index contributed by atoms with van der Waals surface area (Å²) in [6.07, 6.45) is 2.01. The first-order valence-electron chi connectivity index (χ1n) is 8.83. The summed E-state index contributed by atoms with van der Waals surface area (Å²) in [6, 6.07) is 14.5. The van der Waals surface area contributed by atoms with Crippen LogP contribution < -0.4 is 4.90 Å². The molecular weight excluding hydrogens is 294 g/mol. The van der Waals surface area contributed by atoms with Crippen molar-refractivity contribution in [2.75, 3.05) is 4.90 Å². The van der Waals surface area contributed by atoms with Crippen molar-refractivity contribution in [2.45, 2.75) is 58.9 Å². The maximum Gasteiger partial charge on any atom is 0.258 e. The number of aryl methyl sites for hydroxylation is 2. The summed E-state index contributed by atoms with van der Waals surface area (Å²) in [5, 5.41) is 0. The second-order valence-electron chi connectivity index (χ2n) is 7.86. The number of anilines is 1. The standard InChI is InChI=1S/C22H27NO/c1-15(2)18-10-11-20-19(14-18)12-13-22(4,5)23(20)21(24)17-8-6-16(3)7-9-17/h6-11,14-15H,12-13H2,1-5H3. The number of rotatable bonds is 2. The van der Waals surface area contributed by atoms with Gasteiger partial charge in [0, 0.05) is 16.8 Å². The van der Waals surface area contributed by atoms with E-state index in [1.165, 1.54) is 16.7 Å². The first kappa shape index (κ1) is 16.8. The first-order valence-corrected chi connectivity index (χ1v) is 8.83. The molecule has 3 rings (SSSR count). The minimum Gasteiger partial charge on any atom is -0.303 e. The smallest absolute Gasteiger partial charge is 0.258 e. The van der Waals surface area contributed by atoms with E-state index in [0.717, 1.165) is 24.1 Å². The van der Waals surface area contributed by atoms with Crippen LogP contribution in [0, 0.1) is 6.92 Å². The number of carbonyl (C=O) groups excluding carboxylic acids is 1. The Balaban J connectivity index is 2.05. The molecule has 0 N–H and O–H groups in total. The highest BCUT2D eigenvalue weighted by Gasteiger charge is 2.37. The van der Waals surface area contributed by atoms with Crippen LogP contribution in [0.1, 0.15) is 67.1 Å². The molecule has 0 radical (unpaired) electrons. The van der Waals surface area contributed by atoms with Crippen molar-refractivity contribution in [3.8, 4) is 0 Å². The van der Waals surface area contributed by atoms with Gasteiger partial charge in [0.1, 0.15) is 0 Å². The number of carbonyl (C=O) groups is 1. The van der Waals surface area contributed by atoms with Gasteiger partial charge in [0.2, 0.25) is 0 Å². The molecule has 0 unspecified atom stereocenters. The van der Waals surface area contributed by atoms with Gasteiger partial charge in [-0.15, -0.1) is 0 Å². The molecule has 0 saturated heterocycles. The van der Waals surface area contributed by atoms with E-state index in [2.05, 4.69) is 45.9 Å². The lowest BCUT2D eigenvalue weighted by Crippen LogP contribution is -2.51. The minimum atomic E-state index is -0.172.